The predicted molar refractivity (Wildman–Crippen MR) is 77.5 cm³/mol. The summed E-state index contributed by atoms with van der Waals surface area (Å²) in [7, 11) is 0. The van der Waals surface area contributed by atoms with Gasteiger partial charge in [0, 0.05) is 22.4 Å². The van der Waals surface area contributed by atoms with Crippen LogP contribution in [-0.2, 0) is 6.42 Å². The third-order valence-electron chi connectivity index (χ3n) is 3.44. The van der Waals surface area contributed by atoms with Gasteiger partial charge in [-0.1, -0.05) is 24.3 Å². The monoisotopic (exact) mass is 265 g/mol. The summed E-state index contributed by atoms with van der Waals surface area (Å²) in [6.45, 7) is 0. The van der Waals surface area contributed by atoms with Crippen LogP contribution in [0.4, 0.5) is 0 Å². The normalized spacial score (nSPS) is 12.2. The molecule has 2 nitrogen and oxygen atoms in total. The molecule has 0 saturated carbocycles. The average molecular weight is 265 g/mol. The maximum atomic E-state index is 9.33. The third kappa shape index (κ3) is 1.66. The van der Waals surface area contributed by atoms with Gasteiger partial charge in [0.15, 0.2) is 0 Å². The van der Waals surface area contributed by atoms with Gasteiger partial charge in [-0.25, -0.2) is 4.98 Å². The Labute approximate surface area is 115 Å². The van der Waals surface area contributed by atoms with Crippen molar-refractivity contribution >= 4 is 11.3 Å². The van der Waals surface area contributed by atoms with Crippen LogP contribution in [0.3, 0.4) is 0 Å². The van der Waals surface area contributed by atoms with E-state index in [0.29, 0.717) is 0 Å². The van der Waals surface area contributed by atoms with Crippen LogP contribution in [0.15, 0.2) is 48.5 Å². The van der Waals surface area contributed by atoms with Gasteiger partial charge in [-0.05, 0) is 29.8 Å². The molecule has 0 saturated heterocycles. The number of thiazole rings is 1. The van der Waals surface area contributed by atoms with Crippen molar-refractivity contribution in [2.45, 2.75) is 6.42 Å². The zero-order valence-corrected chi connectivity index (χ0v) is 10.9. The van der Waals surface area contributed by atoms with E-state index in [1.165, 1.54) is 16.0 Å². The second kappa shape index (κ2) is 3.93. The molecule has 1 heterocycles. The number of fused-ring (bicyclic) bond motifs is 3. The Morgan fingerprint density at radius 3 is 2.63 bits per heavy atom. The molecule has 0 aliphatic heterocycles. The molecule has 3 aromatic rings. The van der Waals surface area contributed by atoms with Crippen molar-refractivity contribution in [2.24, 2.45) is 0 Å². The van der Waals surface area contributed by atoms with Crippen LogP contribution in [0, 0.1) is 0 Å². The Balaban J connectivity index is 1.82. The number of phenols is 1. The highest BCUT2D eigenvalue weighted by molar-refractivity contribution is 7.15. The molecular formula is C16H11NOS. The standard InChI is InChI=1S/C16H11NOS/c18-12-7-5-10(6-8-12)16-17-15-13-4-2-1-3-11(13)9-14(15)19-16/h1-8,18H,9H2. The van der Waals surface area contributed by atoms with Gasteiger partial charge in [0.25, 0.3) is 0 Å². The van der Waals surface area contributed by atoms with Gasteiger partial charge in [0.2, 0.25) is 0 Å². The summed E-state index contributed by atoms with van der Waals surface area (Å²) in [5.74, 6) is 0.290. The van der Waals surface area contributed by atoms with E-state index < -0.39 is 0 Å². The van der Waals surface area contributed by atoms with Gasteiger partial charge in [-0.2, -0.15) is 0 Å². The summed E-state index contributed by atoms with van der Waals surface area (Å²) in [5.41, 5.74) is 4.82. The first-order chi connectivity index (χ1) is 9.31. The number of aromatic nitrogens is 1. The van der Waals surface area contributed by atoms with Crippen LogP contribution >= 0.6 is 11.3 Å². The Bertz CT molecular complexity index is 759. The fraction of sp³-hybridized carbons (Fsp3) is 0.0625. The van der Waals surface area contributed by atoms with Gasteiger partial charge in [-0.15, -0.1) is 11.3 Å². The molecule has 19 heavy (non-hydrogen) atoms. The molecular weight excluding hydrogens is 254 g/mol. The number of nitrogens with zero attached hydrogens (tertiary/aromatic N) is 1. The lowest BCUT2D eigenvalue weighted by atomic mass is 10.1. The van der Waals surface area contributed by atoms with E-state index in [1.54, 1.807) is 23.5 Å². The van der Waals surface area contributed by atoms with Crippen LogP contribution in [-0.4, -0.2) is 10.1 Å². The van der Waals surface area contributed by atoms with Crippen LogP contribution in [0.25, 0.3) is 21.8 Å². The van der Waals surface area contributed by atoms with E-state index in [1.807, 2.05) is 12.1 Å². The summed E-state index contributed by atoms with van der Waals surface area (Å²) in [6, 6.07) is 15.7. The molecule has 1 aromatic heterocycles. The molecule has 0 radical (unpaired) electrons. The van der Waals surface area contributed by atoms with Gasteiger partial charge in [-0.3, -0.25) is 0 Å². The molecule has 3 heteroatoms. The van der Waals surface area contributed by atoms with E-state index in [9.17, 15) is 5.11 Å². The van der Waals surface area contributed by atoms with E-state index >= 15 is 0 Å². The zero-order valence-electron chi connectivity index (χ0n) is 10.1. The van der Waals surface area contributed by atoms with E-state index in [2.05, 4.69) is 24.3 Å². The first kappa shape index (κ1) is 10.8. The van der Waals surface area contributed by atoms with Crippen molar-refractivity contribution in [1.29, 1.82) is 0 Å². The number of phenolic OH excluding ortho intramolecular Hbond substituents is 1. The molecule has 4 rings (SSSR count). The lowest BCUT2D eigenvalue weighted by molar-refractivity contribution is 0.475. The first-order valence-electron chi connectivity index (χ1n) is 6.18. The number of benzene rings is 2. The van der Waals surface area contributed by atoms with Crippen LogP contribution in [0.5, 0.6) is 5.75 Å². The molecule has 0 atom stereocenters. The largest absolute Gasteiger partial charge is 0.508 e. The van der Waals surface area contributed by atoms with E-state index in [0.717, 1.165) is 22.7 Å². The number of rotatable bonds is 1. The number of hydrogen-bond donors (Lipinski definition) is 1. The molecule has 0 bridgehead atoms. The minimum absolute atomic E-state index is 0.290. The smallest absolute Gasteiger partial charge is 0.124 e. The fourth-order valence-electron chi connectivity index (χ4n) is 2.49. The van der Waals surface area contributed by atoms with Gasteiger partial charge < -0.3 is 5.11 Å². The predicted octanol–water partition coefficient (Wildman–Crippen LogP) is 4.09. The summed E-state index contributed by atoms with van der Waals surface area (Å²) < 4.78 is 0. The van der Waals surface area contributed by atoms with Crippen molar-refractivity contribution < 1.29 is 5.11 Å². The SMILES string of the molecule is Oc1ccc(-c2nc3c(s2)Cc2ccccc2-3)cc1. The molecule has 2 aromatic carbocycles. The van der Waals surface area contributed by atoms with Crippen LogP contribution in [0.1, 0.15) is 10.4 Å². The molecule has 0 fully saturated rings. The van der Waals surface area contributed by atoms with Crippen molar-refractivity contribution in [3.8, 4) is 27.6 Å². The molecule has 0 unspecified atom stereocenters. The first-order valence-corrected chi connectivity index (χ1v) is 7.00. The Kier molecular flexibility index (Phi) is 2.23. The lowest BCUT2D eigenvalue weighted by Crippen LogP contribution is -1.81. The summed E-state index contributed by atoms with van der Waals surface area (Å²) in [6.07, 6.45) is 0.987. The van der Waals surface area contributed by atoms with Crippen molar-refractivity contribution in [1.82, 2.24) is 4.98 Å². The quantitative estimate of drug-likeness (QED) is 0.562. The second-order valence-electron chi connectivity index (χ2n) is 4.67. The Hall–Kier alpha value is -2.13. The van der Waals surface area contributed by atoms with Gasteiger partial charge in [0.05, 0.1) is 5.69 Å². The topological polar surface area (TPSA) is 33.1 Å². The Morgan fingerprint density at radius 2 is 1.79 bits per heavy atom. The molecule has 1 N–H and O–H groups in total. The highest BCUT2D eigenvalue weighted by Crippen LogP contribution is 2.41. The third-order valence-corrected chi connectivity index (χ3v) is 4.54. The molecule has 1 aliphatic rings. The minimum atomic E-state index is 0.290. The van der Waals surface area contributed by atoms with Gasteiger partial charge in [0.1, 0.15) is 10.8 Å². The van der Waals surface area contributed by atoms with E-state index in [-0.39, 0.29) is 5.75 Å². The maximum Gasteiger partial charge on any atom is 0.124 e. The Morgan fingerprint density at radius 1 is 1.00 bits per heavy atom. The summed E-state index contributed by atoms with van der Waals surface area (Å²) in [5, 5.41) is 10.4. The van der Waals surface area contributed by atoms with E-state index in [4.69, 9.17) is 4.98 Å². The summed E-state index contributed by atoms with van der Waals surface area (Å²) >= 11 is 1.74. The number of aromatic hydroxyl groups is 1. The second-order valence-corrected chi connectivity index (χ2v) is 5.76. The average Bonchev–Trinajstić information content (AvgIpc) is 2.97. The summed E-state index contributed by atoms with van der Waals surface area (Å²) in [4.78, 5) is 6.11. The lowest BCUT2D eigenvalue weighted by Gasteiger charge is -1.99. The molecule has 92 valence electrons. The minimum Gasteiger partial charge on any atom is -0.508 e. The highest BCUT2D eigenvalue weighted by Gasteiger charge is 2.22. The molecule has 1 aliphatic carbocycles. The van der Waals surface area contributed by atoms with Crippen LogP contribution in [0.2, 0.25) is 0 Å². The highest BCUT2D eigenvalue weighted by atomic mass is 32.1. The van der Waals surface area contributed by atoms with Gasteiger partial charge >= 0.3 is 0 Å². The molecule has 0 amide bonds. The molecule has 0 spiro atoms. The van der Waals surface area contributed by atoms with Crippen molar-refractivity contribution in [3.05, 3.63) is 59.0 Å². The zero-order chi connectivity index (χ0) is 12.8. The van der Waals surface area contributed by atoms with Crippen molar-refractivity contribution in [3.63, 3.8) is 0 Å². The maximum absolute atomic E-state index is 9.33. The fourth-order valence-corrected chi connectivity index (χ4v) is 3.59. The van der Waals surface area contributed by atoms with Crippen LogP contribution < -0.4 is 0 Å². The number of hydrogen-bond acceptors (Lipinski definition) is 3. The van der Waals surface area contributed by atoms with Crippen molar-refractivity contribution in [2.75, 3.05) is 0 Å².